The SMILES string of the molecule is Cc1ccccc1C(O)CNC(=O)C1CCCCC1. The Kier molecular flexibility index (Phi) is 4.97. The molecule has 0 heterocycles. The van der Waals surface area contributed by atoms with Crippen LogP contribution in [0.1, 0.15) is 49.3 Å². The molecule has 1 amide bonds. The van der Waals surface area contributed by atoms with E-state index in [9.17, 15) is 9.90 Å². The Balaban J connectivity index is 1.84. The number of aliphatic hydroxyl groups is 1. The first kappa shape index (κ1) is 14.1. The Hall–Kier alpha value is -1.35. The van der Waals surface area contributed by atoms with E-state index in [1.165, 1.54) is 6.42 Å². The van der Waals surface area contributed by atoms with E-state index < -0.39 is 6.10 Å². The van der Waals surface area contributed by atoms with Crippen molar-refractivity contribution in [2.45, 2.75) is 45.1 Å². The van der Waals surface area contributed by atoms with Crippen LogP contribution >= 0.6 is 0 Å². The van der Waals surface area contributed by atoms with Gasteiger partial charge in [0.2, 0.25) is 5.91 Å². The first-order chi connectivity index (χ1) is 9.18. The third kappa shape index (κ3) is 3.80. The molecule has 1 atom stereocenters. The minimum atomic E-state index is -0.617. The number of carbonyl (C=O) groups is 1. The van der Waals surface area contributed by atoms with Gasteiger partial charge in [0.05, 0.1) is 6.10 Å². The number of hydrogen-bond acceptors (Lipinski definition) is 2. The summed E-state index contributed by atoms with van der Waals surface area (Å²) in [7, 11) is 0. The highest BCUT2D eigenvalue weighted by atomic mass is 16.3. The second kappa shape index (κ2) is 6.71. The van der Waals surface area contributed by atoms with Crippen molar-refractivity contribution < 1.29 is 9.90 Å². The van der Waals surface area contributed by atoms with Crippen molar-refractivity contribution in [1.29, 1.82) is 0 Å². The zero-order valence-corrected chi connectivity index (χ0v) is 11.6. The van der Waals surface area contributed by atoms with Crippen LogP contribution < -0.4 is 5.32 Å². The summed E-state index contributed by atoms with van der Waals surface area (Å²) in [4.78, 5) is 12.0. The van der Waals surface area contributed by atoms with Crippen molar-refractivity contribution in [3.63, 3.8) is 0 Å². The third-order valence-corrected chi connectivity index (χ3v) is 3.99. The second-order valence-electron chi connectivity index (χ2n) is 5.45. The van der Waals surface area contributed by atoms with Crippen molar-refractivity contribution >= 4 is 5.91 Å². The molecule has 0 aromatic heterocycles. The lowest BCUT2D eigenvalue weighted by Gasteiger charge is -2.22. The fourth-order valence-corrected chi connectivity index (χ4v) is 2.78. The minimum absolute atomic E-state index is 0.104. The summed E-state index contributed by atoms with van der Waals surface area (Å²) in [6.45, 7) is 2.28. The van der Waals surface area contributed by atoms with E-state index in [0.29, 0.717) is 6.54 Å². The maximum atomic E-state index is 12.0. The average molecular weight is 261 g/mol. The highest BCUT2D eigenvalue weighted by Gasteiger charge is 2.21. The van der Waals surface area contributed by atoms with Gasteiger partial charge >= 0.3 is 0 Å². The number of aliphatic hydroxyl groups excluding tert-OH is 1. The van der Waals surface area contributed by atoms with Crippen LogP contribution in [-0.4, -0.2) is 17.6 Å². The van der Waals surface area contributed by atoms with Crippen molar-refractivity contribution in [3.8, 4) is 0 Å². The van der Waals surface area contributed by atoms with Gasteiger partial charge in [0.25, 0.3) is 0 Å². The number of benzene rings is 1. The summed E-state index contributed by atoms with van der Waals surface area (Å²) in [6, 6.07) is 7.74. The van der Waals surface area contributed by atoms with Crippen LogP contribution in [0.25, 0.3) is 0 Å². The second-order valence-corrected chi connectivity index (χ2v) is 5.45. The van der Waals surface area contributed by atoms with E-state index in [0.717, 1.165) is 36.8 Å². The van der Waals surface area contributed by atoms with Crippen molar-refractivity contribution in [2.24, 2.45) is 5.92 Å². The molecule has 3 heteroatoms. The van der Waals surface area contributed by atoms with Gasteiger partial charge in [-0.15, -0.1) is 0 Å². The van der Waals surface area contributed by atoms with Gasteiger partial charge in [-0.2, -0.15) is 0 Å². The molecule has 1 saturated carbocycles. The van der Waals surface area contributed by atoms with Crippen LogP contribution in [-0.2, 0) is 4.79 Å². The molecule has 1 aromatic rings. The highest BCUT2D eigenvalue weighted by molar-refractivity contribution is 5.78. The summed E-state index contributed by atoms with van der Waals surface area (Å²) < 4.78 is 0. The molecular formula is C16H23NO2. The van der Waals surface area contributed by atoms with Crippen LogP contribution in [0.15, 0.2) is 24.3 Å². The first-order valence-electron chi connectivity index (χ1n) is 7.20. The molecule has 2 rings (SSSR count). The molecule has 0 spiro atoms. The van der Waals surface area contributed by atoms with E-state index in [-0.39, 0.29) is 11.8 Å². The molecule has 1 aromatic carbocycles. The van der Waals surface area contributed by atoms with Gasteiger partial charge in [-0.05, 0) is 30.9 Å². The van der Waals surface area contributed by atoms with Crippen molar-refractivity contribution in [1.82, 2.24) is 5.32 Å². The topological polar surface area (TPSA) is 49.3 Å². The number of aryl methyl sites for hydroxylation is 1. The van der Waals surface area contributed by atoms with Crippen molar-refractivity contribution in [3.05, 3.63) is 35.4 Å². The smallest absolute Gasteiger partial charge is 0.223 e. The largest absolute Gasteiger partial charge is 0.387 e. The minimum Gasteiger partial charge on any atom is -0.387 e. The number of nitrogens with one attached hydrogen (secondary N) is 1. The lowest BCUT2D eigenvalue weighted by Crippen LogP contribution is -2.34. The van der Waals surface area contributed by atoms with Crippen LogP contribution in [0.5, 0.6) is 0 Å². The van der Waals surface area contributed by atoms with Gasteiger partial charge in [-0.25, -0.2) is 0 Å². The summed E-state index contributed by atoms with van der Waals surface area (Å²) in [5.41, 5.74) is 1.95. The standard InChI is InChI=1S/C16H23NO2/c1-12-7-5-6-10-14(12)15(18)11-17-16(19)13-8-3-2-4-9-13/h5-7,10,13,15,18H,2-4,8-9,11H2,1H3,(H,17,19). The number of amides is 1. The maximum absolute atomic E-state index is 12.0. The summed E-state index contributed by atoms with van der Waals surface area (Å²) in [5.74, 6) is 0.255. The lowest BCUT2D eigenvalue weighted by atomic mass is 9.88. The molecule has 0 bridgehead atoms. The molecule has 1 fully saturated rings. The monoisotopic (exact) mass is 261 g/mol. The van der Waals surface area contributed by atoms with Crippen LogP contribution in [0.2, 0.25) is 0 Å². The fraction of sp³-hybridized carbons (Fsp3) is 0.562. The zero-order chi connectivity index (χ0) is 13.7. The summed E-state index contributed by atoms with van der Waals surface area (Å²) in [5, 5.41) is 13.0. The Morgan fingerprint density at radius 1 is 1.32 bits per heavy atom. The predicted octanol–water partition coefficient (Wildman–Crippen LogP) is 2.72. The quantitative estimate of drug-likeness (QED) is 0.875. The Bertz CT molecular complexity index is 425. The summed E-state index contributed by atoms with van der Waals surface area (Å²) in [6.07, 6.45) is 4.92. The molecule has 0 radical (unpaired) electrons. The Labute approximate surface area is 115 Å². The lowest BCUT2D eigenvalue weighted by molar-refractivity contribution is -0.126. The zero-order valence-electron chi connectivity index (χ0n) is 11.6. The van der Waals surface area contributed by atoms with Crippen LogP contribution in [0.3, 0.4) is 0 Å². The van der Waals surface area contributed by atoms with Crippen molar-refractivity contribution in [2.75, 3.05) is 6.54 Å². The molecule has 1 aliphatic rings. The first-order valence-corrected chi connectivity index (χ1v) is 7.20. The molecule has 1 aliphatic carbocycles. The molecule has 0 aliphatic heterocycles. The Morgan fingerprint density at radius 2 is 2.00 bits per heavy atom. The molecule has 1 unspecified atom stereocenters. The van der Waals surface area contributed by atoms with Crippen LogP contribution in [0.4, 0.5) is 0 Å². The molecule has 104 valence electrons. The van der Waals surface area contributed by atoms with Gasteiger partial charge in [0, 0.05) is 12.5 Å². The van der Waals surface area contributed by atoms with Gasteiger partial charge in [0.15, 0.2) is 0 Å². The number of rotatable bonds is 4. The Morgan fingerprint density at radius 3 is 2.68 bits per heavy atom. The number of carbonyl (C=O) groups excluding carboxylic acids is 1. The normalized spacial score (nSPS) is 18.0. The van der Waals surface area contributed by atoms with E-state index in [1.54, 1.807) is 0 Å². The molecule has 3 nitrogen and oxygen atoms in total. The van der Waals surface area contributed by atoms with E-state index >= 15 is 0 Å². The van der Waals surface area contributed by atoms with E-state index in [4.69, 9.17) is 0 Å². The molecular weight excluding hydrogens is 238 g/mol. The number of hydrogen-bond donors (Lipinski definition) is 2. The highest BCUT2D eigenvalue weighted by Crippen LogP contribution is 2.24. The van der Waals surface area contributed by atoms with Gasteiger partial charge < -0.3 is 10.4 Å². The van der Waals surface area contributed by atoms with Gasteiger partial charge in [0.1, 0.15) is 0 Å². The van der Waals surface area contributed by atoms with E-state index in [2.05, 4.69) is 5.32 Å². The molecule has 2 N–H and O–H groups in total. The van der Waals surface area contributed by atoms with Gasteiger partial charge in [-0.3, -0.25) is 4.79 Å². The van der Waals surface area contributed by atoms with Crippen LogP contribution in [0, 0.1) is 12.8 Å². The molecule has 19 heavy (non-hydrogen) atoms. The molecule has 0 saturated heterocycles. The predicted molar refractivity (Wildman–Crippen MR) is 75.7 cm³/mol. The third-order valence-electron chi connectivity index (χ3n) is 3.99. The fourth-order valence-electron chi connectivity index (χ4n) is 2.78. The average Bonchev–Trinajstić information content (AvgIpc) is 2.46. The van der Waals surface area contributed by atoms with Gasteiger partial charge in [-0.1, -0.05) is 43.5 Å². The van der Waals surface area contributed by atoms with E-state index in [1.807, 2.05) is 31.2 Å². The maximum Gasteiger partial charge on any atom is 0.223 e. The summed E-state index contributed by atoms with van der Waals surface area (Å²) >= 11 is 0.